The fraction of sp³-hybridized carbons (Fsp3) is 0.538. The van der Waals surface area contributed by atoms with Crippen LogP contribution >= 0.6 is 7.92 Å². The molecule has 4 rings (SSSR count). The van der Waals surface area contributed by atoms with Crippen LogP contribution in [0.2, 0.25) is 3.63 Å². The van der Waals surface area contributed by atoms with E-state index in [0.717, 1.165) is 19.1 Å². The van der Waals surface area contributed by atoms with E-state index >= 15 is 0 Å². The Morgan fingerprint density at radius 1 is 0.867 bits per heavy atom. The van der Waals surface area contributed by atoms with Crippen molar-refractivity contribution in [1.82, 2.24) is 0 Å². The molecule has 1 fully saturated rings. The molecule has 4 unspecified atom stereocenters. The molecule has 0 radical (unpaired) electrons. The van der Waals surface area contributed by atoms with Gasteiger partial charge in [-0.1, -0.05) is 0 Å². The average molecular weight is 541 g/mol. The molecule has 0 heterocycles. The third-order valence-electron chi connectivity index (χ3n) is 6.46. The summed E-state index contributed by atoms with van der Waals surface area (Å²) in [6.45, 7) is 14.9. The second-order valence-electron chi connectivity index (χ2n) is 10.7. The monoisotopic (exact) mass is 538 g/mol. The molecule has 0 N–H and O–H groups in total. The van der Waals surface area contributed by atoms with Gasteiger partial charge in [0.1, 0.15) is 0 Å². The summed E-state index contributed by atoms with van der Waals surface area (Å²) in [5.41, 5.74) is 3.20. The van der Waals surface area contributed by atoms with Gasteiger partial charge in [-0.2, -0.15) is 0 Å². The zero-order chi connectivity index (χ0) is 20.1. The molecule has 30 heavy (non-hydrogen) atoms. The van der Waals surface area contributed by atoms with Crippen molar-refractivity contribution in [3.05, 3.63) is 65.0 Å². The van der Waals surface area contributed by atoms with Crippen LogP contribution in [0, 0.1) is 11.8 Å². The van der Waals surface area contributed by atoms with E-state index in [4.69, 9.17) is 0 Å². The van der Waals surface area contributed by atoms with E-state index in [0.29, 0.717) is 10.3 Å². The Morgan fingerprint density at radius 2 is 1.50 bits per heavy atom. The Balaban J connectivity index is 0.00000160. The molecule has 4 atom stereocenters. The summed E-state index contributed by atoms with van der Waals surface area (Å²) in [5, 5.41) is 2.54. The normalized spacial score (nSPS) is 27.0. The van der Waals surface area contributed by atoms with Gasteiger partial charge >= 0.3 is 186 Å². The van der Waals surface area contributed by atoms with Gasteiger partial charge < -0.3 is 24.8 Å². The van der Waals surface area contributed by atoms with E-state index in [1.807, 2.05) is 5.31 Å². The summed E-state index contributed by atoms with van der Waals surface area (Å²) < 4.78 is 1.78. The van der Waals surface area contributed by atoms with Gasteiger partial charge in [-0.3, -0.25) is 0 Å². The van der Waals surface area contributed by atoms with E-state index < -0.39 is 23.2 Å². The van der Waals surface area contributed by atoms with Crippen LogP contribution in [0.25, 0.3) is 6.08 Å². The van der Waals surface area contributed by atoms with Crippen LogP contribution in [0.3, 0.4) is 0 Å². The second-order valence-corrected chi connectivity index (χ2v) is 18.6. The van der Waals surface area contributed by atoms with E-state index in [-0.39, 0.29) is 32.7 Å². The molecule has 0 aliphatic heterocycles. The van der Waals surface area contributed by atoms with Gasteiger partial charge in [0.05, 0.1) is 0 Å². The van der Waals surface area contributed by atoms with Crippen molar-refractivity contribution < 1.29 is 48.0 Å². The second kappa shape index (κ2) is 10.1. The Morgan fingerprint density at radius 3 is 2.17 bits per heavy atom. The smallest absolute Gasteiger partial charge is 1.00 e. The summed E-state index contributed by atoms with van der Waals surface area (Å²) in [4.78, 5) is 0. The topological polar surface area (TPSA) is 0 Å². The Kier molecular flexibility index (Phi) is 8.93. The molecule has 1 saturated carbocycles. The number of halogens is 2. The van der Waals surface area contributed by atoms with Crippen molar-refractivity contribution in [2.24, 2.45) is 11.8 Å². The minimum Gasteiger partial charge on any atom is -1.00 e. The zero-order valence-electron chi connectivity index (χ0n) is 19.1. The number of benzene rings is 1. The Labute approximate surface area is 209 Å². The molecule has 0 amide bonds. The van der Waals surface area contributed by atoms with Gasteiger partial charge in [0, 0.05) is 0 Å². The van der Waals surface area contributed by atoms with Crippen molar-refractivity contribution in [3.8, 4) is 0 Å². The van der Waals surface area contributed by atoms with Crippen LogP contribution in [-0.4, -0.2) is 10.3 Å². The van der Waals surface area contributed by atoms with E-state index in [2.05, 4.69) is 96.2 Å². The summed E-state index contributed by atoms with van der Waals surface area (Å²) in [5.74, 6) is 1.66. The van der Waals surface area contributed by atoms with Crippen molar-refractivity contribution in [2.45, 2.75) is 71.9 Å². The Bertz CT molecular complexity index is 814. The molecule has 0 saturated heterocycles. The molecule has 162 valence electrons. The van der Waals surface area contributed by atoms with E-state index in [1.54, 1.807) is 5.56 Å². The fourth-order valence-corrected chi connectivity index (χ4v) is 16.5. The summed E-state index contributed by atoms with van der Waals surface area (Å²) in [6.07, 6.45) is 15.1. The first-order chi connectivity index (χ1) is 13.2. The predicted octanol–water partition coefficient (Wildman–Crippen LogP) is 2.19. The molecule has 0 aromatic heterocycles. The first-order valence-corrected chi connectivity index (χ1v) is 15.1. The number of hydrogen-bond donors (Lipinski definition) is 0. The number of allylic oxidation sites excluding steroid dienone is 5. The number of rotatable bonds is 3. The van der Waals surface area contributed by atoms with Gasteiger partial charge in [0.2, 0.25) is 0 Å². The molecule has 0 bridgehead atoms. The van der Waals surface area contributed by atoms with Gasteiger partial charge in [-0.05, 0) is 0 Å². The predicted molar refractivity (Wildman–Crippen MR) is 122 cm³/mol. The van der Waals surface area contributed by atoms with Crippen molar-refractivity contribution in [3.63, 3.8) is 0 Å². The molecular weight excluding hydrogens is 505 g/mol. The van der Waals surface area contributed by atoms with Crippen LogP contribution in [-0.2, 0) is 23.2 Å². The van der Waals surface area contributed by atoms with Crippen molar-refractivity contribution in [1.29, 1.82) is 0 Å². The third kappa shape index (κ3) is 5.28. The maximum atomic E-state index is 2.63. The maximum Gasteiger partial charge on any atom is -1.00 e. The summed E-state index contributed by atoms with van der Waals surface area (Å²) >= 11 is -0.607. The van der Waals surface area contributed by atoms with Crippen LogP contribution in [0.15, 0.2) is 53.9 Å². The van der Waals surface area contributed by atoms with Crippen LogP contribution in [0.4, 0.5) is 0 Å². The zero-order valence-corrected chi connectivity index (χ0v) is 24.0. The molecule has 3 aliphatic rings. The Hall–Kier alpha value is 0.333. The standard InChI is InChI=1S/C17H24P.C9H11.2ClH.Zr/c1-16(2,3)18(17(4,5)6)15-11-13-9-7-8-10-14(13)12-15;1-2-5-9-7-3-6-8(9)4-1;;;/h7-12H,1-6H3;1-2,4-6,8-9H,3,7H2;2*1H;/q;;;;+2/p-2. The van der Waals surface area contributed by atoms with Crippen molar-refractivity contribution in [2.75, 3.05) is 0 Å². The summed E-state index contributed by atoms with van der Waals surface area (Å²) in [6, 6.07) is 9.33. The summed E-state index contributed by atoms with van der Waals surface area (Å²) in [7, 11) is -0.197. The van der Waals surface area contributed by atoms with E-state index in [1.165, 1.54) is 18.4 Å². The first-order valence-electron chi connectivity index (χ1n) is 10.9. The fourth-order valence-electron chi connectivity index (χ4n) is 5.82. The van der Waals surface area contributed by atoms with Gasteiger partial charge in [-0.15, -0.1) is 0 Å². The molecule has 0 nitrogen and oxygen atoms in total. The number of hydrogen-bond acceptors (Lipinski definition) is 0. The largest absolute Gasteiger partial charge is 1.00 e. The SMILES string of the molecule is CC(C)(C)P(C1=Cc2ccccc2[CH]1[Zr+2][CH]1CCC2C=CC=CC21)C(C)(C)C.[Cl-].[Cl-]. The average Bonchev–Trinajstić information content (AvgIpc) is 3.15. The minimum atomic E-state index is -0.607. The number of fused-ring (bicyclic) bond motifs is 2. The van der Waals surface area contributed by atoms with Gasteiger partial charge in [0.25, 0.3) is 0 Å². The molecule has 3 aliphatic carbocycles. The van der Waals surface area contributed by atoms with Crippen molar-refractivity contribution >= 4 is 14.0 Å². The quantitative estimate of drug-likeness (QED) is 0.516. The van der Waals surface area contributed by atoms with Gasteiger partial charge in [0.15, 0.2) is 0 Å². The van der Waals surface area contributed by atoms with Gasteiger partial charge in [-0.25, -0.2) is 0 Å². The molecule has 4 heteroatoms. The van der Waals surface area contributed by atoms with Crippen LogP contribution in [0.5, 0.6) is 0 Å². The van der Waals surface area contributed by atoms with E-state index in [9.17, 15) is 0 Å². The van der Waals surface area contributed by atoms with Crippen LogP contribution < -0.4 is 24.8 Å². The van der Waals surface area contributed by atoms with Crippen LogP contribution in [0.1, 0.15) is 69.1 Å². The molecule has 0 spiro atoms. The maximum absolute atomic E-state index is 2.63. The minimum absolute atomic E-state index is 0. The molecule has 1 aromatic rings. The third-order valence-corrected chi connectivity index (χ3v) is 15.7. The first kappa shape index (κ1) is 26.6. The molecular formula is C26H35Cl2PZr. The molecule has 1 aromatic carbocycles.